The van der Waals surface area contributed by atoms with E-state index >= 15 is 0 Å². The first-order chi connectivity index (χ1) is 36.0. The summed E-state index contributed by atoms with van der Waals surface area (Å²) in [6, 6.07) is 18.8. The number of aliphatic hydroxyl groups is 1. The number of halogens is 1. The fraction of sp³-hybridized carbons (Fsp3) is 0.491. The Morgan fingerprint density at radius 1 is 0.883 bits per heavy atom. The Morgan fingerprint density at radius 3 is 2.25 bits per heavy atom. The molecule has 3 saturated heterocycles. The molecule has 3 aliphatic heterocycles. The summed E-state index contributed by atoms with van der Waals surface area (Å²) in [5.41, 5.74) is 0.353. The summed E-state index contributed by atoms with van der Waals surface area (Å²) in [5.74, 6) is -2.83. The van der Waals surface area contributed by atoms with Crippen molar-refractivity contribution < 1.29 is 51.7 Å². The summed E-state index contributed by atoms with van der Waals surface area (Å²) in [4.78, 5) is 79.9. The molecule has 414 valence electrons. The molecule has 0 radical (unpaired) electrons. The van der Waals surface area contributed by atoms with Crippen LogP contribution in [0.3, 0.4) is 0 Å². The number of esters is 2. The molecule has 77 heavy (non-hydrogen) atoms. The van der Waals surface area contributed by atoms with Crippen LogP contribution in [-0.4, -0.2) is 111 Å². The number of amides is 3. The number of imide groups is 1. The van der Waals surface area contributed by atoms with Crippen LogP contribution in [0.2, 0.25) is 5.02 Å². The average Bonchev–Trinajstić information content (AvgIpc) is 3.81. The third-order valence-electron chi connectivity index (χ3n) is 13.8. The Bertz CT molecular complexity index is 3290. The number of anilines is 3. The van der Waals surface area contributed by atoms with Crippen LogP contribution in [0.5, 0.6) is 5.75 Å². The molecule has 2 aromatic heterocycles. The zero-order valence-electron chi connectivity index (χ0n) is 44.9. The van der Waals surface area contributed by atoms with E-state index in [0.717, 1.165) is 22.7 Å². The summed E-state index contributed by atoms with van der Waals surface area (Å²) in [6.45, 7) is 14.9. The van der Waals surface area contributed by atoms with E-state index in [9.17, 15) is 42.3 Å². The molecule has 22 heteroatoms. The maximum Gasteiger partial charge on any atom is 0.352 e. The van der Waals surface area contributed by atoms with Gasteiger partial charge in [0.1, 0.15) is 22.3 Å². The molecule has 5 heterocycles. The van der Waals surface area contributed by atoms with Gasteiger partial charge in [0.2, 0.25) is 27.7 Å². The largest absolute Gasteiger partial charge is 0.479 e. The highest BCUT2D eigenvalue weighted by Gasteiger charge is 2.42. The molecule has 0 aliphatic carbocycles. The number of aryl methyl sites for hydroxylation is 1. The second kappa shape index (κ2) is 21.9. The van der Waals surface area contributed by atoms with E-state index < -0.39 is 68.8 Å². The highest BCUT2D eigenvalue weighted by Crippen LogP contribution is 2.47. The van der Waals surface area contributed by atoms with Gasteiger partial charge in [-0.2, -0.15) is 4.31 Å². The van der Waals surface area contributed by atoms with Crippen molar-refractivity contribution in [3.63, 3.8) is 0 Å². The van der Waals surface area contributed by atoms with Gasteiger partial charge in [-0.15, -0.1) is 11.3 Å². The number of ether oxygens (including phenoxy) is 3. The zero-order chi connectivity index (χ0) is 56.0. The summed E-state index contributed by atoms with van der Waals surface area (Å²) in [7, 11) is -2.21. The molecule has 3 amide bonds. The molecule has 19 nitrogen and oxygen atoms in total. The summed E-state index contributed by atoms with van der Waals surface area (Å²) < 4.78 is 49.7. The Balaban J connectivity index is 0.858. The number of piperidine rings is 3. The summed E-state index contributed by atoms with van der Waals surface area (Å²) in [6.07, 6.45) is 1.77. The number of hydrogen-bond donors (Lipinski definition) is 4. The number of aromatic nitrogens is 2. The Kier molecular flexibility index (Phi) is 16.2. The second-order valence-electron chi connectivity index (χ2n) is 22.8. The molecule has 0 bridgehead atoms. The number of carbonyl (C=O) groups is 5. The Morgan fingerprint density at radius 2 is 1.57 bits per heavy atom. The molecular formula is C55H68ClN7O12S2. The highest BCUT2D eigenvalue weighted by atomic mass is 35.5. The van der Waals surface area contributed by atoms with Gasteiger partial charge in [-0.3, -0.25) is 28.8 Å². The lowest BCUT2D eigenvalue weighted by Crippen LogP contribution is -2.55. The highest BCUT2D eigenvalue weighted by molar-refractivity contribution is 7.88. The quantitative estimate of drug-likeness (QED) is 0.0576. The van der Waals surface area contributed by atoms with Crippen LogP contribution in [0.4, 0.5) is 17.1 Å². The predicted octanol–water partition coefficient (Wildman–Crippen LogP) is 7.92. The van der Waals surface area contributed by atoms with Gasteiger partial charge in [0.15, 0.2) is 17.2 Å². The first-order valence-corrected chi connectivity index (χ1v) is 28.5. The van der Waals surface area contributed by atoms with Crippen molar-refractivity contribution in [1.82, 2.24) is 18.8 Å². The minimum atomic E-state index is -3.85. The number of nitrogens with zero attached hydrogens (tertiary/aromatic N) is 4. The molecule has 3 fully saturated rings. The number of nitrogens with one attached hydrogen (secondary N) is 3. The van der Waals surface area contributed by atoms with E-state index in [1.807, 2.05) is 50.2 Å². The molecule has 0 spiro atoms. The fourth-order valence-corrected chi connectivity index (χ4v) is 13.8. The first kappa shape index (κ1) is 56.9. The first-order valence-electron chi connectivity index (χ1n) is 25.7. The van der Waals surface area contributed by atoms with Crippen LogP contribution >= 0.6 is 22.9 Å². The van der Waals surface area contributed by atoms with Crippen molar-refractivity contribution in [2.45, 2.75) is 141 Å². The topological polar surface area (TPSA) is 237 Å². The van der Waals surface area contributed by atoms with Crippen LogP contribution < -0.4 is 31.3 Å². The van der Waals surface area contributed by atoms with Crippen LogP contribution in [0.25, 0.3) is 21.5 Å². The molecule has 2 atom stereocenters. The third kappa shape index (κ3) is 13.4. The number of sulfonamides is 1. The van der Waals surface area contributed by atoms with E-state index in [2.05, 4.69) is 20.9 Å². The lowest BCUT2D eigenvalue weighted by molar-refractivity contribution is -0.157. The normalized spacial score (nSPS) is 19.1. The maximum absolute atomic E-state index is 14.2. The monoisotopic (exact) mass is 1120 g/mol. The predicted molar refractivity (Wildman–Crippen MR) is 296 cm³/mol. The number of carbonyl (C=O) groups excluding carboxylic acids is 5. The second-order valence-corrected chi connectivity index (χ2v) is 26.1. The molecular weight excluding hydrogens is 1050 g/mol. The van der Waals surface area contributed by atoms with Crippen molar-refractivity contribution >= 4 is 90.7 Å². The van der Waals surface area contributed by atoms with Gasteiger partial charge in [0.05, 0.1) is 33.7 Å². The van der Waals surface area contributed by atoms with E-state index in [4.69, 9.17) is 25.8 Å². The van der Waals surface area contributed by atoms with Crippen molar-refractivity contribution in [2.75, 3.05) is 41.8 Å². The molecule has 3 aliphatic rings. The number of fused-ring (bicyclic) bond motifs is 1. The van der Waals surface area contributed by atoms with Gasteiger partial charge < -0.3 is 34.9 Å². The van der Waals surface area contributed by atoms with Crippen molar-refractivity contribution in [1.29, 1.82) is 0 Å². The SMILES string of the molecule is Cn1c(=O)n(C2CCC(=O)NC2=O)c2ccc(N3CCC(O)(CC(=O)Nc4cccc(CS(=O)(=O)N5CC[C@H](Nc6cccc(-c7sc(C(=O)OC(C)(C)C)c(OCC(=O)OC(C)(C)C)c7Cl)c6)CC5(C)C)c4)CC3)cc21. The lowest BCUT2D eigenvalue weighted by Gasteiger charge is -2.45. The fourth-order valence-electron chi connectivity index (χ4n) is 10.3. The minimum absolute atomic E-state index is 0.0221. The standard InChI is InChI=1S/C55H68ClN7O12S2/c1-52(2,3)74-44(66)31-73-46-45(56)47(76-48(46)50(68)75-53(4,5)6)34-13-11-15-36(27-34)57-37-20-23-62(54(7,8)29-37)77(71,72)32-33-12-10-14-35(26-33)58-43(65)30-55(70)21-24-61(25-22-55)38-16-17-39-41(28-38)60(9)51(69)63(39)40-18-19-42(64)59-49(40)67/h10-17,26-28,37,40,57,70H,18-25,29-32H2,1-9H3,(H,58,65)(H,59,64,67)/t37-,40?/m0/s1. The van der Waals surface area contributed by atoms with Gasteiger partial charge in [-0.25, -0.2) is 22.8 Å². The molecule has 1 unspecified atom stereocenters. The third-order valence-corrected chi connectivity index (χ3v) is 17.5. The zero-order valence-corrected chi connectivity index (χ0v) is 47.3. The number of benzene rings is 3. The number of hydrogen-bond acceptors (Lipinski definition) is 15. The molecule has 8 rings (SSSR count). The van der Waals surface area contributed by atoms with Gasteiger partial charge in [0.25, 0.3) is 0 Å². The molecule has 5 aromatic rings. The lowest BCUT2D eigenvalue weighted by atomic mass is 9.87. The van der Waals surface area contributed by atoms with Crippen LogP contribution in [0, 0.1) is 0 Å². The summed E-state index contributed by atoms with van der Waals surface area (Å²) in [5, 5.41) is 20.5. The van der Waals surface area contributed by atoms with Crippen LogP contribution in [-0.2, 0) is 51.5 Å². The van der Waals surface area contributed by atoms with E-state index in [1.165, 1.54) is 9.13 Å². The number of rotatable bonds is 15. The number of thiophene rings is 1. The molecule has 3 aromatic carbocycles. The van der Waals surface area contributed by atoms with Gasteiger partial charge in [0, 0.05) is 61.7 Å². The maximum atomic E-state index is 14.2. The summed E-state index contributed by atoms with van der Waals surface area (Å²) >= 11 is 8.01. The van der Waals surface area contributed by atoms with Gasteiger partial charge in [-0.05, 0) is 141 Å². The van der Waals surface area contributed by atoms with Gasteiger partial charge in [-0.1, -0.05) is 35.9 Å². The van der Waals surface area contributed by atoms with Crippen molar-refractivity contribution in [3.05, 3.63) is 92.7 Å². The van der Waals surface area contributed by atoms with Crippen LogP contribution in [0.15, 0.2) is 71.5 Å². The molecule has 0 saturated carbocycles. The Labute approximate surface area is 457 Å². The molecule has 4 N–H and O–H groups in total. The van der Waals surface area contributed by atoms with Crippen molar-refractivity contribution in [2.24, 2.45) is 7.05 Å². The number of imidazole rings is 1. The van der Waals surface area contributed by atoms with E-state index in [-0.39, 0.29) is 64.8 Å². The minimum Gasteiger partial charge on any atom is -0.479 e. The van der Waals surface area contributed by atoms with E-state index in [1.54, 1.807) is 83.2 Å². The Hall–Kier alpha value is -6.26. The van der Waals surface area contributed by atoms with E-state index in [0.29, 0.717) is 71.5 Å². The van der Waals surface area contributed by atoms with Crippen LogP contribution in [0.1, 0.15) is 122 Å². The van der Waals surface area contributed by atoms with Gasteiger partial charge >= 0.3 is 17.6 Å². The average molecular weight is 1120 g/mol. The van der Waals surface area contributed by atoms with Crippen molar-refractivity contribution in [3.8, 4) is 16.2 Å². The smallest absolute Gasteiger partial charge is 0.352 e.